The van der Waals surface area contributed by atoms with Gasteiger partial charge in [-0.05, 0) is 17.6 Å². The third kappa shape index (κ3) is 9.59. The molecule has 0 fully saturated rings. The maximum Gasteiger partial charge on any atom is 0.328 e. The molecule has 5 heteroatoms. The third-order valence-electron chi connectivity index (χ3n) is 4.53. The Bertz CT molecular complexity index is 398. The van der Waals surface area contributed by atoms with Gasteiger partial charge in [0.05, 0.1) is 0 Å². The molecule has 1 unspecified atom stereocenters. The highest BCUT2D eigenvalue weighted by Gasteiger charge is 2.44. The minimum atomic E-state index is -2.26. The van der Waals surface area contributed by atoms with E-state index in [4.69, 9.17) is 9.53 Å². The maximum atomic E-state index is 11.9. The molecular formula is C18H34O4Si. The summed E-state index contributed by atoms with van der Waals surface area (Å²) in [6.07, 6.45) is 10.5. The van der Waals surface area contributed by atoms with E-state index in [2.05, 4.69) is 34.2 Å². The van der Waals surface area contributed by atoms with Gasteiger partial charge < -0.3 is 9.53 Å². The van der Waals surface area contributed by atoms with Crippen LogP contribution in [0.3, 0.4) is 0 Å². The van der Waals surface area contributed by atoms with Gasteiger partial charge in [0.15, 0.2) is 0 Å². The molecule has 0 saturated heterocycles. The van der Waals surface area contributed by atoms with Crippen molar-refractivity contribution < 1.29 is 19.1 Å². The van der Waals surface area contributed by atoms with Crippen LogP contribution < -0.4 is 0 Å². The van der Waals surface area contributed by atoms with Crippen molar-refractivity contribution >= 4 is 20.3 Å². The number of unbranched alkanes of at least 4 members (excludes halogenated alkanes) is 6. The fourth-order valence-corrected chi connectivity index (χ4v) is 4.99. The highest BCUT2D eigenvalue weighted by Crippen LogP contribution is 2.41. The smallest absolute Gasteiger partial charge is 0.328 e. The van der Waals surface area contributed by atoms with E-state index >= 15 is 0 Å². The van der Waals surface area contributed by atoms with Gasteiger partial charge in [0.25, 0.3) is 8.32 Å². The summed E-state index contributed by atoms with van der Waals surface area (Å²) in [4.78, 5) is 22.4. The first-order chi connectivity index (χ1) is 10.6. The second-order valence-electron chi connectivity index (χ2n) is 7.44. The Morgan fingerprint density at radius 1 is 1.00 bits per heavy atom. The van der Waals surface area contributed by atoms with Crippen LogP contribution in [0.15, 0.2) is 12.2 Å². The van der Waals surface area contributed by atoms with Crippen LogP contribution >= 0.6 is 0 Å². The highest BCUT2D eigenvalue weighted by atomic mass is 28.4. The Morgan fingerprint density at radius 3 is 2.00 bits per heavy atom. The van der Waals surface area contributed by atoms with Gasteiger partial charge in [0.1, 0.15) is 0 Å². The molecule has 0 rings (SSSR count). The molecule has 0 aliphatic heterocycles. The number of aliphatic carboxylic acids is 1. The minimum Gasteiger partial charge on any atom is -0.516 e. The lowest BCUT2D eigenvalue weighted by molar-refractivity contribution is -0.133. The minimum absolute atomic E-state index is 0.0675. The fraction of sp³-hybridized carbons (Fsp3) is 0.778. The average molecular weight is 343 g/mol. The first-order valence-electron chi connectivity index (χ1n) is 8.76. The van der Waals surface area contributed by atoms with Crippen molar-refractivity contribution in [1.82, 2.24) is 0 Å². The van der Waals surface area contributed by atoms with Gasteiger partial charge in [-0.25, -0.2) is 9.59 Å². The van der Waals surface area contributed by atoms with Gasteiger partial charge in [-0.2, -0.15) is 0 Å². The zero-order chi connectivity index (χ0) is 17.9. The topological polar surface area (TPSA) is 63.6 Å². The molecule has 4 nitrogen and oxygen atoms in total. The van der Waals surface area contributed by atoms with Crippen LogP contribution in [0.25, 0.3) is 0 Å². The predicted molar refractivity (Wildman–Crippen MR) is 97.0 cm³/mol. The van der Waals surface area contributed by atoms with E-state index in [1.54, 1.807) is 0 Å². The van der Waals surface area contributed by atoms with Crippen LogP contribution in [0, 0.1) is 0 Å². The van der Waals surface area contributed by atoms with Gasteiger partial charge >= 0.3 is 11.9 Å². The Balaban J connectivity index is 4.45. The van der Waals surface area contributed by atoms with Crippen molar-refractivity contribution in [3.8, 4) is 0 Å². The van der Waals surface area contributed by atoms with Crippen LogP contribution in [0.2, 0.25) is 17.6 Å². The molecule has 1 N–H and O–H groups in total. The van der Waals surface area contributed by atoms with Crippen LogP contribution in [0.5, 0.6) is 0 Å². The number of carbonyl (C=O) groups excluding carboxylic acids is 1. The lowest BCUT2D eigenvalue weighted by atomic mass is 10.1. The zero-order valence-corrected chi connectivity index (χ0v) is 16.5. The molecule has 0 radical (unpaired) electrons. The van der Waals surface area contributed by atoms with E-state index in [9.17, 15) is 9.59 Å². The van der Waals surface area contributed by atoms with E-state index in [-0.39, 0.29) is 5.04 Å². The van der Waals surface area contributed by atoms with Crippen molar-refractivity contribution in [1.29, 1.82) is 0 Å². The number of rotatable bonds is 11. The van der Waals surface area contributed by atoms with Crippen molar-refractivity contribution in [2.24, 2.45) is 0 Å². The van der Waals surface area contributed by atoms with Crippen LogP contribution in [0.1, 0.15) is 72.6 Å². The van der Waals surface area contributed by atoms with Crippen LogP contribution in [-0.2, 0) is 14.0 Å². The summed E-state index contributed by atoms with van der Waals surface area (Å²) in [6, 6.07) is 0.928. The number of carboxylic acids is 1. The van der Waals surface area contributed by atoms with Crippen molar-refractivity contribution in [2.45, 2.75) is 90.3 Å². The molecule has 0 spiro atoms. The molecule has 0 aromatic rings. The molecule has 0 amide bonds. The van der Waals surface area contributed by atoms with Gasteiger partial charge in [-0.1, -0.05) is 72.6 Å². The number of hydrogen-bond acceptors (Lipinski definition) is 3. The lowest BCUT2D eigenvalue weighted by Gasteiger charge is -2.38. The Kier molecular flexibility index (Phi) is 10.1. The van der Waals surface area contributed by atoms with E-state index in [1.807, 2.05) is 0 Å². The van der Waals surface area contributed by atoms with E-state index < -0.39 is 20.3 Å². The molecule has 0 heterocycles. The standard InChI is InChI=1S/C18H34O4Si/c1-6-7-8-9-10-11-12-15-23(5,18(2,3)4)22-17(21)14-13-16(19)20/h13-14H,6-12,15H2,1-5H3,(H,19,20)/b14-13-. The molecule has 134 valence electrons. The van der Waals surface area contributed by atoms with Gasteiger partial charge in [0, 0.05) is 12.2 Å². The van der Waals surface area contributed by atoms with Crippen molar-refractivity contribution in [3.05, 3.63) is 12.2 Å². The zero-order valence-electron chi connectivity index (χ0n) is 15.5. The molecular weight excluding hydrogens is 308 g/mol. The van der Waals surface area contributed by atoms with Gasteiger partial charge in [-0.15, -0.1) is 0 Å². The summed E-state index contributed by atoms with van der Waals surface area (Å²) in [5, 5.41) is 8.53. The molecule has 23 heavy (non-hydrogen) atoms. The van der Waals surface area contributed by atoms with Crippen LogP contribution in [-0.4, -0.2) is 25.4 Å². The average Bonchev–Trinajstić information content (AvgIpc) is 2.43. The molecule has 0 aliphatic rings. The normalized spacial score (nSPS) is 14.7. The Labute approximate surface area is 142 Å². The van der Waals surface area contributed by atoms with Crippen LogP contribution in [0.4, 0.5) is 0 Å². The molecule has 1 atom stereocenters. The first kappa shape index (κ1) is 21.9. The predicted octanol–water partition coefficient (Wildman–Crippen LogP) is 5.30. The number of carbonyl (C=O) groups is 2. The molecule has 0 aromatic heterocycles. The van der Waals surface area contributed by atoms with Gasteiger partial charge in [0.2, 0.25) is 0 Å². The van der Waals surface area contributed by atoms with E-state index in [0.717, 1.165) is 24.6 Å². The monoisotopic (exact) mass is 342 g/mol. The second kappa shape index (κ2) is 10.6. The van der Waals surface area contributed by atoms with Gasteiger partial charge in [-0.3, -0.25) is 0 Å². The van der Waals surface area contributed by atoms with E-state index in [0.29, 0.717) is 0 Å². The van der Waals surface area contributed by atoms with Crippen molar-refractivity contribution in [3.63, 3.8) is 0 Å². The summed E-state index contributed by atoms with van der Waals surface area (Å²) < 4.78 is 5.75. The number of carboxylic acid groups (broad SMARTS) is 1. The summed E-state index contributed by atoms with van der Waals surface area (Å²) >= 11 is 0. The summed E-state index contributed by atoms with van der Waals surface area (Å²) in [7, 11) is -2.26. The summed E-state index contributed by atoms with van der Waals surface area (Å²) in [6.45, 7) is 10.6. The van der Waals surface area contributed by atoms with Crippen molar-refractivity contribution in [2.75, 3.05) is 0 Å². The fourth-order valence-electron chi connectivity index (χ4n) is 2.39. The second-order valence-corrected chi connectivity index (χ2v) is 12.1. The molecule has 0 bridgehead atoms. The molecule has 0 saturated carbocycles. The molecule has 0 aliphatic carbocycles. The summed E-state index contributed by atoms with van der Waals surface area (Å²) in [5.74, 6) is -1.66. The Hall–Kier alpha value is -1.10. The quantitative estimate of drug-likeness (QED) is 0.314. The summed E-state index contributed by atoms with van der Waals surface area (Å²) in [5.41, 5.74) is 0. The third-order valence-corrected chi connectivity index (χ3v) is 9.66. The highest BCUT2D eigenvalue weighted by molar-refractivity contribution is 6.76. The Morgan fingerprint density at radius 2 is 1.52 bits per heavy atom. The number of hydrogen-bond donors (Lipinski definition) is 1. The molecule has 0 aromatic carbocycles. The first-order valence-corrected chi connectivity index (χ1v) is 11.4. The maximum absolute atomic E-state index is 11.9. The lowest BCUT2D eigenvalue weighted by Crippen LogP contribution is -2.45. The largest absolute Gasteiger partial charge is 0.516 e. The van der Waals surface area contributed by atoms with E-state index in [1.165, 1.54) is 38.5 Å². The SMILES string of the molecule is CCCCCCCCC[Si](C)(OC(=O)/C=C\C(=O)O)C(C)(C)C.